The first-order valence-electron chi connectivity index (χ1n) is 6.36. The molecule has 0 aromatic carbocycles. The molecule has 0 amide bonds. The molecule has 19 heavy (non-hydrogen) atoms. The van der Waals surface area contributed by atoms with Crippen LogP contribution in [0.1, 0.15) is 20.3 Å². The molecular formula is C12H24O7. The monoisotopic (exact) mass is 280 g/mol. The van der Waals surface area contributed by atoms with Crippen molar-refractivity contribution in [1.29, 1.82) is 0 Å². The second-order valence-electron chi connectivity index (χ2n) is 3.76. The quantitative estimate of drug-likeness (QED) is 0.217. The van der Waals surface area contributed by atoms with Crippen molar-refractivity contribution < 1.29 is 33.8 Å². The zero-order valence-corrected chi connectivity index (χ0v) is 11.9. The molecule has 0 saturated carbocycles. The molecule has 7 nitrogen and oxygen atoms in total. The lowest BCUT2D eigenvalue weighted by Gasteiger charge is -2.09. The second-order valence-corrected chi connectivity index (χ2v) is 3.76. The molecule has 0 N–H and O–H groups in total. The zero-order valence-electron chi connectivity index (χ0n) is 11.9. The molecule has 0 aliphatic rings. The van der Waals surface area contributed by atoms with Gasteiger partial charge in [-0.15, -0.1) is 0 Å². The van der Waals surface area contributed by atoms with E-state index in [1.165, 1.54) is 0 Å². The Bertz CT molecular complexity index is 210. The average Bonchev–Trinajstić information content (AvgIpc) is 2.43. The summed E-state index contributed by atoms with van der Waals surface area (Å²) in [6.07, 6.45) is 0.761. The Morgan fingerprint density at radius 1 is 0.895 bits per heavy atom. The molecule has 0 aromatic heterocycles. The van der Waals surface area contributed by atoms with Crippen LogP contribution in [0, 0.1) is 5.92 Å². The lowest BCUT2D eigenvalue weighted by molar-refractivity contribution is -0.343. The molecule has 1 unspecified atom stereocenters. The van der Waals surface area contributed by atoms with Crippen molar-refractivity contribution >= 4 is 5.97 Å². The summed E-state index contributed by atoms with van der Waals surface area (Å²) in [7, 11) is 1.58. The number of carbonyl (C=O) groups excluding carboxylic acids is 1. The summed E-state index contributed by atoms with van der Waals surface area (Å²) in [4.78, 5) is 30.3. The maximum atomic E-state index is 11.3. The molecular weight excluding hydrogens is 256 g/mol. The van der Waals surface area contributed by atoms with Crippen LogP contribution >= 0.6 is 0 Å². The normalized spacial score (nSPS) is 12.4. The maximum Gasteiger partial charge on any atom is 0.308 e. The van der Waals surface area contributed by atoms with Gasteiger partial charge in [-0.05, 0) is 6.42 Å². The van der Waals surface area contributed by atoms with Crippen molar-refractivity contribution in [2.75, 3.05) is 46.8 Å². The lowest BCUT2D eigenvalue weighted by atomic mass is 10.1. The molecule has 0 aliphatic heterocycles. The van der Waals surface area contributed by atoms with E-state index in [1.807, 2.05) is 13.8 Å². The van der Waals surface area contributed by atoms with Gasteiger partial charge in [0.1, 0.15) is 33.0 Å². The minimum atomic E-state index is -0.221. The topological polar surface area (TPSA) is 72.5 Å². The van der Waals surface area contributed by atoms with Crippen molar-refractivity contribution in [3.8, 4) is 0 Å². The van der Waals surface area contributed by atoms with Crippen molar-refractivity contribution in [3.05, 3.63) is 0 Å². The maximum absolute atomic E-state index is 11.3. The summed E-state index contributed by atoms with van der Waals surface area (Å²) in [6, 6.07) is 0. The number of rotatable bonds is 13. The van der Waals surface area contributed by atoms with E-state index in [0.717, 1.165) is 6.42 Å². The van der Waals surface area contributed by atoms with Crippen LogP contribution in [-0.2, 0) is 33.8 Å². The van der Waals surface area contributed by atoms with Crippen LogP contribution in [0.25, 0.3) is 0 Å². The first kappa shape index (κ1) is 18.3. The van der Waals surface area contributed by atoms with E-state index in [4.69, 9.17) is 29.0 Å². The molecule has 7 heteroatoms. The van der Waals surface area contributed by atoms with Gasteiger partial charge in [0.15, 0.2) is 0 Å². The highest BCUT2D eigenvalue weighted by Crippen LogP contribution is 2.02. The molecule has 0 bridgehead atoms. The Morgan fingerprint density at radius 2 is 1.37 bits per heavy atom. The third kappa shape index (κ3) is 12.1. The largest absolute Gasteiger partial charge is 0.463 e. The van der Waals surface area contributed by atoms with E-state index in [0.29, 0.717) is 13.2 Å². The molecule has 0 radical (unpaired) electrons. The van der Waals surface area contributed by atoms with Crippen molar-refractivity contribution in [3.63, 3.8) is 0 Å². The highest BCUT2D eigenvalue weighted by atomic mass is 17.2. The number of carbonyl (C=O) groups is 1. The molecule has 0 aromatic rings. The van der Waals surface area contributed by atoms with Crippen LogP contribution in [-0.4, -0.2) is 52.7 Å². The first-order valence-corrected chi connectivity index (χ1v) is 6.36. The first-order chi connectivity index (χ1) is 9.22. The van der Waals surface area contributed by atoms with Crippen LogP contribution in [0.4, 0.5) is 0 Å². The summed E-state index contributed by atoms with van der Waals surface area (Å²) in [6.45, 7) is 5.42. The van der Waals surface area contributed by atoms with Gasteiger partial charge in [0.05, 0.1) is 12.5 Å². The third-order valence-corrected chi connectivity index (χ3v) is 2.21. The summed E-state index contributed by atoms with van der Waals surface area (Å²) >= 11 is 0. The Morgan fingerprint density at radius 3 is 1.84 bits per heavy atom. The van der Waals surface area contributed by atoms with Crippen LogP contribution < -0.4 is 0 Å². The van der Waals surface area contributed by atoms with Gasteiger partial charge in [0.25, 0.3) is 0 Å². The van der Waals surface area contributed by atoms with Crippen LogP contribution in [0.3, 0.4) is 0 Å². The van der Waals surface area contributed by atoms with Crippen LogP contribution in [0.5, 0.6) is 0 Å². The molecule has 0 rings (SSSR count). The van der Waals surface area contributed by atoms with E-state index in [9.17, 15) is 4.79 Å². The Balaban J connectivity index is 3.13. The number of methoxy groups -OCH3 is 1. The van der Waals surface area contributed by atoms with Gasteiger partial charge in [-0.2, -0.15) is 0 Å². The Kier molecular flexibility index (Phi) is 13.2. The van der Waals surface area contributed by atoms with Crippen LogP contribution in [0.15, 0.2) is 0 Å². The summed E-state index contributed by atoms with van der Waals surface area (Å²) in [5.41, 5.74) is 0. The van der Waals surface area contributed by atoms with Crippen molar-refractivity contribution in [2.24, 2.45) is 5.92 Å². The summed E-state index contributed by atoms with van der Waals surface area (Å²) in [5, 5.41) is 0. The van der Waals surface area contributed by atoms with Crippen LogP contribution in [0.2, 0.25) is 0 Å². The van der Waals surface area contributed by atoms with Crippen molar-refractivity contribution in [2.45, 2.75) is 20.3 Å². The molecule has 0 aliphatic carbocycles. The van der Waals surface area contributed by atoms with Gasteiger partial charge < -0.3 is 9.47 Å². The zero-order chi connectivity index (χ0) is 14.3. The highest BCUT2D eigenvalue weighted by Gasteiger charge is 2.11. The van der Waals surface area contributed by atoms with E-state index in [2.05, 4.69) is 0 Å². The fourth-order valence-corrected chi connectivity index (χ4v) is 0.906. The van der Waals surface area contributed by atoms with E-state index in [-0.39, 0.29) is 38.3 Å². The van der Waals surface area contributed by atoms with Gasteiger partial charge in [0, 0.05) is 7.11 Å². The predicted octanol–water partition coefficient (Wildman–Crippen LogP) is 1.12. The molecule has 1 atom stereocenters. The number of hydrogen-bond donors (Lipinski definition) is 0. The Labute approximate surface area is 113 Å². The SMILES string of the molecule is CCC(C)C(=O)OCCOOCCOOCCOC. The highest BCUT2D eigenvalue weighted by molar-refractivity contribution is 5.71. The number of ether oxygens (including phenoxy) is 2. The smallest absolute Gasteiger partial charge is 0.308 e. The number of hydrogen-bond acceptors (Lipinski definition) is 7. The van der Waals surface area contributed by atoms with E-state index in [1.54, 1.807) is 7.11 Å². The fraction of sp³-hybridized carbons (Fsp3) is 0.917. The predicted molar refractivity (Wildman–Crippen MR) is 66.1 cm³/mol. The van der Waals surface area contributed by atoms with Gasteiger partial charge in [-0.3, -0.25) is 4.79 Å². The third-order valence-electron chi connectivity index (χ3n) is 2.21. The van der Waals surface area contributed by atoms with Gasteiger partial charge >= 0.3 is 5.97 Å². The van der Waals surface area contributed by atoms with Gasteiger partial charge in [-0.1, -0.05) is 13.8 Å². The minimum Gasteiger partial charge on any atom is -0.463 e. The summed E-state index contributed by atoms with van der Waals surface area (Å²) in [5.74, 6) is -0.306. The van der Waals surface area contributed by atoms with Crippen molar-refractivity contribution in [1.82, 2.24) is 0 Å². The standard InChI is InChI=1S/C12H24O7/c1-4-11(2)12(13)15-6-8-17-19-10-9-18-16-7-5-14-3/h11H,4-10H2,1-3H3. The second kappa shape index (κ2) is 13.7. The number of esters is 1. The average molecular weight is 280 g/mol. The molecule has 0 heterocycles. The molecule has 0 saturated heterocycles. The van der Waals surface area contributed by atoms with E-state index >= 15 is 0 Å². The Hall–Kier alpha value is -0.730. The fourth-order valence-electron chi connectivity index (χ4n) is 0.906. The van der Waals surface area contributed by atoms with Gasteiger partial charge in [0.2, 0.25) is 0 Å². The summed E-state index contributed by atoms with van der Waals surface area (Å²) < 4.78 is 9.71. The molecule has 114 valence electrons. The van der Waals surface area contributed by atoms with Gasteiger partial charge in [-0.25, -0.2) is 19.6 Å². The molecule has 0 spiro atoms. The molecule has 0 fully saturated rings. The van der Waals surface area contributed by atoms with E-state index < -0.39 is 0 Å². The lowest BCUT2D eigenvalue weighted by Crippen LogP contribution is -2.17. The minimum absolute atomic E-state index is 0.0847.